The van der Waals surface area contributed by atoms with Crippen LogP contribution < -0.4 is 4.90 Å². The van der Waals surface area contributed by atoms with E-state index < -0.39 is 0 Å². The van der Waals surface area contributed by atoms with Gasteiger partial charge in [-0.1, -0.05) is 0 Å². The Kier molecular flexibility index (Phi) is 2.84. The van der Waals surface area contributed by atoms with Crippen LogP contribution >= 0.6 is 0 Å². The predicted octanol–water partition coefficient (Wildman–Crippen LogP) is 3.72. The van der Waals surface area contributed by atoms with Gasteiger partial charge in [-0.2, -0.15) is 0 Å². The summed E-state index contributed by atoms with van der Waals surface area (Å²) in [5, 5.41) is 0. The van der Waals surface area contributed by atoms with E-state index in [0.29, 0.717) is 4.56 Å². The van der Waals surface area contributed by atoms with Gasteiger partial charge in [0.1, 0.15) is 0 Å². The van der Waals surface area contributed by atoms with Crippen molar-refractivity contribution in [2.75, 3.05) is 4.90 Å². The van der Waals surface area contributed by atoms with E-state index >= 15 is 0 Å². The van der Waals surface area contributed by atoms with E-state index in [-0.39, 0.29) is 0 Å². The van der Waals surface area contributed by atoms with Crippen LogP contribution in [0.5, 0.6) is 0 Å². The van der Waals surface area contributed by atoms with Crippen LogP contribution in [0.1, 0.15) is 15.7 Å². The molecule has 0 aromatic heterocycles. The summed E-state index contributed by atoms with van der Waals surface area (Å²) >= 11 is 2.25. The topological polar surface area (TPSA) is 3.24 Å². The van der Waals surface area contributed by atoms with Crippen molar-refractivity contribution in [1.29, 1.82) is 0 Å². The summed E-state index contributed by atoms with van der Waals surface area (Å²) in [5.74, 6) is 0. The molecule has 0 aliphatic carbocycles. The van der Waals surface area contributed by atoms with Gasteiger partial charge in [0, 0.05) is 0 Å². The molecule has 1 nitrogen and oxygen atoms in total. The van der Waals surface area contributed by atoms with Crippen molar-refractivity contribution in [1.82, 2.24) is 0 Å². The number of anilines is 1. The molecule has 0 amide bonds. The third-order valence-electron chi connectivity index (χ3n) is 2.94. The first-order chi connectivity index (χ1) is 8.36. The zero-order valence-corrected chi connectivity index (χ0v) is 11.6. The molecule has 0 spiro atoms. The van der Waals surface area contributed by atoms with Crippen molar-refractivity contribution in [2.45, 2.75) is 4.56 Å². The molecule has 1 aliphatic heterocycles. The summed E-state index contributed by atoms with van der Waals surface area (Å²) in [6, 6.07) is 19.1. The van der Waals surface area contributed by atoms with Crippen molar-refractivity contribution in [3.63, 3.8) is 0 Å². The van der Waals surface area contributed by atoms with Crippen LogP contribution in [0.2, 0.25) is 0 Å². The van der Waals surface area contributed by atoms with Gasteiger partial charge in [0.25, 0.3) is 0 Å². The van der Waals surface area contributed by atoms with Crippen LogP contribution in [0.4, 0.5) is 5.69 Å². The quantitative estimate of drug-likeness (QED) is 0.708. The molecule has 1 aliphatic rings. The Morgan fingerprint density at radius 1 is 0.882 bits per heavy atom. The fourth-order valence-corrected chi connectivity index (χ4v) is 3.25. The molecular weight excluding hydrogens is 386 g/mol. The van der Waals surface area contributed by atoms with E-state index in [9.17, 15) is 0 Å². The Balaban J connectivity index is 2.03. The zero-order chi connectivity index (χ0) is 11.7. The second-order valence-corrected chi connectivity index (χ2v) is 5.31. The molecule has 17 heavy (non-hydrogen) atoms. The second-order valence-electron chi connectivity index (χ2n) is 4.00. The van der Waals surface area contributed by atoms with Gasteiger partial charge in [0.15, 0.2) is 0 Å². The predicted molar refractivity (Wildman–Crippen MR) is 67.1 cm³/mol. The summed E-state index contributed by atoms with van der Waals surface area (Å²) in [6.07, 6.45) is 4.35. The number of fused-ring (bicyclic) bond motifs is 1. The average molecular weight is 398 g/mol. The maximum absolute atomic E-state index is 2.31. The number of rotatable bonds is 1. The van der Waals surface area contributed by atoms with Crippen molar-refractivity contribution >= 4 is 11.8 Å². The summed E-state index contributed by atoms with van der Waals surface area (Å²) in [4.78, 5) is 2.31. The summed E-state index contributed by atoms with van der Waals surface area (Å²) in [6.45, 7) is 0. The molecule has 0 bridgehead atoms. The number of hydrogen-bond acceptors (Lipinski definition) is 1. The minimum absolute atomic E-state index is 0.388. The molecule has 1 unspecified atom stereocenters. The summed E-state index contributed by atoms with van der Waals surface area (Å²) in [7, 11) is 0. The molecule has 86 valence electrons. The summed E-state index contributed by atoms with van der Waals surface area (Å²) in [5.41, 5.74) is 3.96. The van der Waals surface area contributed by atoms with Crippen LogP contribution in [0.25, 0.3) is 6.08 Å². The molecule has 2 heteroatoms. The second kappa shape index (κ2) is 4.48. The number of benzene rings is 2. The fraction of sp³-hybridized carbons (Fsp3) is 0.0667. The van der Waals surface area contributed by atoms with E-state index in [4.69, 9.17) is 0 Å². The van der Waals surface area contributed by atoms with E-state index in [1.165, 1.54) is 16.8 Å². The third-order valence-corrected chi connectivity index (χ3v) is 4.35. The van der Waals surface area contributed by atoms with Crippen LogP contribution in [0.3, 0.4) is 0 Å². The standard InChI is InChI=1S/C15H12N.Ir/c1-2-8-15(9-3-1)16-11-10-13-6-4-5-7-14(13)12-16;/h1-12H;. The molecule has 0 fully saturated rings. The first kappa shape index (κ1) is 10.8. The molecule has 2 aromatic rings. The number of nitrogens with zero attached hydrogens (tertiary/aromatic N) is 1. The average Bonchev–Trinajstić information content (AvgIpc) is 2.40. The molecule has 3 rings (SSSR count). The monoisotopic (exact) mass is 399 g/mol. The van der Waals surface area contributed by atoms with E-state index in [1.807, 2.05) is 0 Å². The molecule has 0 N–H and O–H groups in total. The van der Waals surface area contributed by atoms with Gasteiger partial charge in [0.2, 0.25) is 0 Å². The number of para-hydroxylation sites is 1. The van der Waals surface area contributed by atoms with E-state index in [1.54, 1.807) is 0 Å². The van der Waals surface area contributed by atoms with Gasteiger partial charge in [-0.3, -0.25) is 0 Å². The number of hydrogen-bond donors (Lipinski definition) is 0. The van der Waals surface area contributed by atoms with Gasteiger partial charge in [0.05, 0.1) is 0 Å². The van der Waals surface area contributed by atoms with Gasteiger partial charge in [-0.15, -0.1) is 0 Å². The van der Waals surface area contributed by atoms with Crippen molar-refractivity contribution in [3.8, 4) is 0 Å². The molecule has 1 heterocycles. The zero-order valence-electron chi connectivity index (χ0n) is 9.21. The molecular formula is C15H12IrN. The van der Waals surface area contributed by atoms with Gasteiger partial charge >= 0.3 is 112 Å². The van der Waals surface area contributed by atoms with E-state index in [0.717, 1.165) is 0 Å². The molecule has 1 atom stereocenters. The van der Waals surface area contributed by atoms with Crippen LogP contribution in [0.15, 0.2) is 60.8 Å². The van der Waals surface area contributed by atoms with Gasteiger partial charge in [-0.05, 0) is 0 Å². The molecule has 0 saturated heterocycles. The first-order valence-corrected chi connectivity index (χ1v) is 6.96. The Hall–Kier alpha value is -1.37. The summed E-state index contributed by atoms with van der Waals surface area (Å²) < 4.78 is 0.388. The van der Waals surface area contributed by atoms with Crippen LogP contribution in [0, 0.1) is 0 Å². The fourth-order valence-electron chi connectivity index (χ4n) is 2.06. The van der Waals surface area contributed by atoms with Crippen molar-refractivity contribution in [3.05, 3.63) is 71.9 Å². The third kappa shape index (κ3) is 1.95. The minimum atomic E-state index is 0.388. The van der Waals surface area contributed by atoms with Gasteiger partial charge < -0.3 is 0 Å². The maximum atomic E-state index is 2.31. The van der Waals surface area contributed by atoms with Crippen molar-refractivity contribution in [2.24, 2.45) is 0 Å². The Labute approximate surface area is 112 Å². The normalized spacial score (nSPS) is 18.0. The molecule has 2 aromatic carbocycles. The van der Waals surface area contributed by atoms with Crippen LogP contribution in [-0.2, 0) is 18.9 Å². The van der Waals surface area contributed by atoms with Crippen molar-refractivity contribution < 1.29 is 18.9 Å². The van der Waals surface area contributed by atoms with Crippen LogP contribution in [-0.4, -0.2) is 0 Å². The first-order valence-electron chi connectivity index (χ1n) is 5.58. The SMILES string of the molecule is [Ir][CH]1c2ccccc2C=CN1c1ccccc1. The Morgan fingerprint density at radius 2 is 1.59 bits per heavy atom. The van der Waals surface area contributed by atoms with Gasteiger partial charge in [-0.25, -0.2) is 0 Å². The molecule has 0 saturated carbocycles. The molecule has 0 radical (unpaired) electrons. The van der Waals surface area contributed by atoms with E-state index in [2.05, 4.69) is 90.7 Å². The Morgan fingerprint density at radius 3 is 2.41 bits per heavy atom. The Bertz CT molecular complexity index is 548.